The first-order valence-electron chi connectivity index (χ1n) is 9.34. The van der Waals surface area contributed by atoms with E-state index in [2.05, 4.69) is 0 Å². The Balaban J connectivity index is 2.23. The Morgan fingerprint density at radius 1 is 1.22 bits per heavy atom. The van der Waals surface area contributed by atoms with Gasteiger partial charge >= 0.3 is 12.1 Å². The monoisotopic (exact) mass is 375 g/mol. The summed E-state index contributed by atoms with van der Waals surface area (Å²) in [6, 6.07) is 9.13. The van der Waals surface area contributed by atoms with Crippen LogP contribution >= 0.6 is 0 Å². The molecule has 27 heavy (non-hydrogen) atoms. The highest BCUT2D eigenvalue weighted by Gasteiger charge is 2.42. The molecule has 2 amide bonds. The zero-order valence-electron chi connectivity index (χ0n) is 16.7. The Bertz CT molecular complexity index is 678. The van der Waals surface area contributed by atoms with Gasteiger partial charge in [-0.15, -0.1) is 0 Å². The van der Waals surface area contributed by atoms with Gasteiger partial charge < -0.3 is 9.47 Å². The number of ether oxygens (including phenoxy) is 2. The molecular weight excluding hydrogens is 346 g/mol. The first-order chi connectivity index (χ1) is 12.6. The van der Waals surface area contributed by atoms with E-state index in [9.17, 15) is 14.4 Å². The maximum atomic E-state index is 13.2. The molecule has 1 saturated heterocycles. The standard InChI is InChI=1S/C21H29NO5/c1-14(2)17-13-26-20(25)22(17)19(24)16(11-15-9-7-6-8-10-15)12-18(23)27-21(3,4)5/h6-10,14,16-17H,11-13H2,1-5H3/t16-,17-/m0/s1. The van der Waals surface area contributed by atoms with Crippen LogP contribution in [0.2, 0.25) is 0 Å². The fourth-order valence-corrected chi connectivity index (χ4v) is 3.11. The van der Waals surface area contributed by atoms with Crippen LogP contribution in [0.4, 0.5) is 4.79 Å². The number of hydrogen-bond donors (Lipinski definition) is 0. The number of amides is 2. The van der Waals surface area contributed by atoms with E-state index in [1.54, 1.807) is 20.8 Å². The molecule has 0 radical (unpaired) electrons. The van der Waals surface area contributed by atoms with E-state index < -0.39 is 23.6 Å². The van der Waals surface area contributed by atoms with Crippen molar-refractivity contribution in [1.29, 1.82) is 0 Å². The maximum Gasteiger partial charge on any atom is 0.416 e. The first-order valence-corrected chi connectivity index (χ1v) is 9.34. The normalized spacial score (nSPS) is 18.4. The van der Waals surface area contributed by atoms with E-state index in [-0.39, 0.29) is 30.9 Å². The molecular formula is C21H29NO5. The predicted octanol–water partition coefficient (Wildman–Crippen LogP) is 3.58. The number of carbonyl (C=O) groups is 3. The minimum atomic E-state index is -0.686. The fraction of sp³-hybridized carbons (Fsp3) is 0.571. The summed E-state index contributed by atoms with van der Waals surface area (Å²) in [7, 11) is 0. The van der Waals surface area contributed by atoms with Gasteiger partial charge in [-0.25, -0.2) is 9.69 Å². The first kappa shape index (κ1) is 20.9. The van der Waals surface area contributed by atoms with Crippen LogP contribution in [0.1, 0.15) is 46.6 Å². The zero-order chi connectivity index (χ0) is 20.2. The molecule has 1 heterocycles. The predicted molar refractivity (Wildman–Crippen MR) is 101 cm³/mol. The Hall–Kier alpha value is -2.37. The molecule has 1 fully saturated rings. The summed E-state index contributed by atoms with van der Waals surface area (Å²) in [5.41, 5.74) is 0.290. The lowest BCUT2D eigenvalue weighted by Gasteiger charge is -2.27. The largest absolute Gasteiger partial charge is 0.460 e. The second-order valence-electron chi connectivity index (χ2n) is 8.27. The summed E-state index contributed by atoms with van der Waals surface area (Å²) in [4.78, 5) is 38.9. The summed E-state index contributed by atoms with van der Waals surface area (Å²) in [5.74, 6) is -1.45. The van der Waals surface area contributed by atoms with Crippen LogP contribution in [0.5, 0.6) is 0 Å². The van der Waals surface area contributed by atoms with Gasteiger partial charge in [0.2, 0.25) is 5.91 Å². The molecule has 0 aromatic heterocycles. The highest BCUT2D eigenvalue weighted by atomic mass is 16.6. The molecule has 2 atom stereocenters. The summed E-state index contributed by atoms with van der Waals surface area (Å²) >= 11 is 0. The van der Waals surface area contributed by atoms with Crippen molar-refractivity contribution < 1.29 is 23.9 Å². The smallest absolute Gasteiger partial charge is 0.416 e. The zero-order valence-corrected chi connectivity index (χ0v) is 16.7. The SMILES string of the molecule is CC(C)[C@@H]1COC(=O)N1C(=O)[C@H](CC(=O)OC(C)(C)C)Cc1ccccc1. The maximum absolute atomic E-state index is 13.2. The fourth-order valence-electron chi connectivity index (χ4n) is 3.11. The Kier molecular flexibility index (Phi) is 6.63. The van der Waals surface area contributed by atoms with Crippen molar-refractivity contribution >= 4 is 18.0 Å². The third-order valence-electron chi connectivity index (χ3n) is 4.42. The number of benzene rings is 1. The quantitative estimate of drug-likeness (QED) is 0.711. The van der Waals surface area contributed by atoms with Crippen LogP contribution in [0, 0.1) is 11.8 Å². The summed E-state index contributed by atoms with van der Waals surface area (Å²) in [5, 5.41) is 0. The Labute approximate surface area is 160 Å². The van der Waals surface area contributed by atoms with E-state index in [4.69, 9.17) is 9.47 Å². The van der Waals surface area contributed by atoms with Crippen LogP contribution in [0.15, 0.2) is 30.3 Å². The molecule has 148 valence electrons. The van der Waals surface area contributed by atoms with E-state index in [0.717, 1.165) is 5.56 Å². The highest BCUT2D eigenvalue weighted by molar-refractivity contribution is 5.96. The molecule has 6 heteroatoms. The highest BCUT2D eigenvalue weighted by Crippen LogP contribution is 2.25. The van der Waals surface area contributed by atoms with Gasteiger partial charge in [-0.05, 0) is 38.7 Å². The molecule has 6 nitrogen and oxygen atoms in total. The molecule has 0 spiro atoms. The number of cyclic esters (lactones) is 1. The van der Waals surface area contributed by atoms with Crippen molar-refractivity contribution in [1.82, 2.24) is 4.90 Å². The average molecular weight is 375 g/mol. The lowest BCUT2D eigenvalue weighted by atomic mass is 9.93. The second-order valence-corrected chi connectivity index (χ2v) is 8.27. The van der Waals surface area contributed by atoms with Crippen molar-refractivity contribution in [3.05, 3.63) is 35.9 Å². The molecule has 0 unspecified atom stereocenters. The molecule has 2 rings (SSSR count). The number of carbonyl (C=O) groups excluding carboxylic acids is 3. The summed E-state index contributed by atoms with van der Waals surface area (Å²) < 4.78 is 10.5. The number of hydrogen-bond acceptors (Lipinski definition) is 5. The lowest BCUT2D eigenvalue weighted by molar-refractivity contribution is -0.158. The van der Waals surface area contributed by atoms with Gasteiger partial charge in [0, 0.05) is 0 Å². The number of nitrogens with zero attached hydrogens (tertiary/aromatic N) is 1. The second kappa shape index (κ2) is 8.55. The van der Waals surface area contributed by atoms with Crippen molar-refractivity contribution in [2.45, 2.75) is 59.1 Å². The number of imide groups is 1. The number of esters is 1. The summed E-state index contributed by atoms with van der Waals surface area (Å²) in [6.07, 6.45) is -0.367. The van der Waals surface area contributed by atoms with E-state index >= 15 is 0 Å². The summed E-state index contributed by atoms with van der Waals surface area (Å²) in [6.45, 7) is 9.41. The van der Waals surface area contributed by atoms with Gasteiger partial charge in [0.1, 0.15) is 12.2 Å². The Morgan fingerprint density at radius 2 is 1.85 bits per heavy atom. The molecule has 1 aromatic rings. The minimum Gasteiger partial charge on any atom is -0.460 e. The van der Waals surface area contributed by atoms with Crippen LogP contribution in [0.3, 0.4) is 0 Å². The van der Waals surface area contributed by atoms with E-state index in [1.807, 2.05) is 44.2 Å². The van der Waals surface area contributed by atoms with Gasteiger partial charge in [0.25, 0.3) is 0 Å². The molecule has 1 aliphatic rings. The van der Waals surface area contributed by atoms with E-state index in [1.165, 1.54) is 4.90 Å². The minimum absolute atomic E-state index is 0.0688. The average Bonchev–Trinajstić information content (AvgIpc) is 2.94. The van der Waals surface area contributed by atoms with Crippen LogP contribution in [-0.4, -0.2) is 41.1 Å². The third-order valence-corrected chi connectivity index (χ3v) is 4.42. The number of rotatable bonds is 6. The van der Waals surface area contributed by atoms with Crippen LogP contribution in [0.25, 0.3) is 0 Å². The van der Waals surface area contributed by atoms with E-state index in [0.29, 0.717) is 6.42 Å². The molecule has 1 aromatic carbocycles. The van der Waals surface area contributed by atoms with Crippen molar-refractivity contribution in [2.75, 3.05) is 6.61 Å². The van der Waals surface area contributed by atoms with Crippen molar-refractivity contribution in [3.63, 3.8) is 0 Å². The molecule has 0 N–H and O–H groups in total. The molecule has 0 saturated carbocycles. The third kappa shape index (κ3) is 5.81. The molecule has 1 aliphatic heterocycles. The molecule has 0 aliphatic carbocycles. The Morgan fingerprint density at radius 3 is 2.41 bits per heavy atom. The van der Waals surface area contributed by atoms with Gasteiger partial charge in [0.05, 0.1) is 18.4 Å². The van der Waals surface area contributed by atoms with Crippen LogP contribution < -0.4 is 0 Å². The van der Waals surface area contributed by atoms with Crippen molar-refractivity contribution in [3.8, 4) is 0 Å². The topological polar surface area (TPSA) is 72.9 Å². The van der Waals surface area contributed by atoms with Crippen LogP contribution in [-0.2, 0) is 25.5 Å². The molecule has 0 bridgehead atoms. The lowest BCUT2D eigenvalue weighted by Crippen LogP contribution is -2.46. The van der Waals surface area contributed by atoms with Gasteiger partial charge in [-0.3, -0.25) is 9.59 Å². The van der Waals surface area contributed by atoms with Gasteiger partial charge in [-0.1, -0.05) is 44.2 Å². The van der Waals surface area contributed by atoms with Gasteiger partial charge in [0.15, 0.2) is 0 Å². The van der Waals surface area contributed by atoms with Gasteiger partial charge in [-0.2, -0.15) is 0 Å². The van der Waals surface area contributed by atoms with Crippen molar-refractivity contribution in [2.24, 2.45) is 11.8 Å².